The topological polar surface area (TPSA) is 75.8 Å². The van der Waals surface area contributed by atoms with E-state index in [9.17, 15) is 9.90 Å². The predicted octanol–water partition coefficient (Wildman–Crippen LogP) is -0.0288. The number of hydrogen-bond donors (Lipinski definition) is 2. The van der Waals surface area contributed by atoms with Crippen molar-refractivity contribution in [3.63, 3.8) is 0 Å². The maximum Gasteiger partial charge on any atom is 0.225 e. The van der Waals surface area contributed by atoms with E-state index in [1.165, 1.54) is 0 Å². The highest BCUT2D eigenvalue weighted by atomic mass is 16.5. The van der Waals surface area contributed by atoms with E-state index < -0.39 is 5.60 Å². The van der Waals surface area contributed by atoms with Crippen LogP contribution in [0.5, 0.6) is 0 Å². The zero-order chi connectivity index (χ0) is 12.9. The van der Waals surface area contributed by atoms with Crippen molar-refractivity contribution in [3.05, 3.63) is 0 Å². The van der Waals surface area contributed by atoms with E-state index in [-0.39, 0.29) is 11.8 Å². The number of carbonyl (C=O) groups is 1. The monoisotopic (exact) mass is 244 g/mol. The van der Waals surface area contributed by atoms with Crippen LogP contribution in [-0.2, 0) is 9.53 Å². The quantitative estimate of drug-likeness (QED) is 0.712. The highest BCUT2D eigenvalue weighted by Gasteiger charge is 2.33. The minimum atomic E-state index is -0.787. The SMILES string of the molecule is CC(CCN)C(=O)N(C)CC1(O)CCOCC1. The zero-order valence-corrected chi connectivity index (χ0v) is 10.8. The van der Waals surface area contributed by atoms with Gasteiger partial charge in [0.25, 0.3) is 0 Å². The van der Waals surface area contributed by atoms with Gasteiger partial charge in [0.1, 0.15) is 0 Å². The highest BCUT2D eigenvalue weighted by molar-refractivity contribution is 5.78. The van der Waals surface area contributed by atoms with Gasteiger partial charge in [-0.25, -0.2) is 0 Å². The Hall–Kier alpha value is -0.650. The lowest BCUT2D eigenvalue weighted by Crippen LogP contribution is -2.48. The predicted molar refractivity (Wildman–Crippen MR) is 65.5 cm³/mol. The van der Waals surface area contributed by atoms with Gasteiger partial charge in [-0.3, -0.25) is 4.79 Å². The second-order valence-electron chi connectivity index (χ2n) is 5.01. The van der Waals surface area contributed by atoms with Gasteiger partial charge in [-0.15, -0.1) is 0 Å². The molecule has 5 nitrogen and oxygen atoms in total. The van der Waals surface area contributed by atoms with Gasteiger partial charge in [-0.1, -0.05) is 6.92 Å². The molecule has 1 unspecified atom stereocenters. The van der Waals surface area contributed by atoms with Gasteiger partial charge in [0.2, 0.25) is 5.91 Å². The van der Waals surface area contributed by atoms with Crippen LogP contribution in [-0.4, -0.2) is 54.9 Å². The summed E-state index contributed by atoms with van der Waals surface area (Å²) < 4.78 is 5.21. The maximum absolute atomic E-state index is 12.0. The van der Waals surface area contributed by atoms with Crippen LogP contribution < -0.4 is 5.73 Å². The summed E-state index contributed by atoms with van der Waals surface area (Å²) in [5, 5.41) is 10.3. The van der Waals surface area contributed by atoms with E-state index in [4.69, 9.17) is 10.5 Å². The van der Waals surface area contributed by atoms with Gasteiger partial charge in [-0.2, -0.15) is 0 Å². The third kappa shape index (κ3) is 4.26. The Balaban J connectivity index is 2.46. The molecule has 17 heavy (non-hydrogen) atoms. The average Bonchev–Trinajstić information content (AvgIpc) is 2.28. The molecule has 3 N–H and O–H groups in total. The Morgan fingerprint density at radius 1 is 1.53 bits per heavy atom. The first kappa shape index (κ1) is 14.4. The molecule has 1 atom stereocenters. The standard InChI is InChI=1S/C12H24N2O3/c1-10(3-6-13)11(15)14(2)9-12(16)4-7-17-8-5-12/h10,16H,3-9,13H2,1-2H3. The van der Waals surface area contributed by atoms with E-state index in [1.807, 2.05) is 6.92 Å². The van der Waals surface area contributed by atoms with E-state index in [0.29, 0.717) is 45.6 Å². The number of amides is 1. The van der Waals surface area contributed by atoms with Crippen LogP contribution in [0.3, 0.4) is 0 Å². The highest BCUT2D eigenvalue weighted by Crippen LogP contribution is 2.22. The Labute approximate surface area is 103 Å². The lowest BCUT2D eigenvalue weighted by molar-refractivity contribution is -0.140. The van der Waals surface area contributed by atoms with Crippen molar-refractivity contribution in [1.82, 2.24) is 4.90 Å². The molecule has 0 spiro atoms. The van der Waals surface area contributed by atoms with Crippen molar-refractivity contribution in [1.29, 1.82) is 0 Å². The van der Waals surface area contributed by atoms with Crippen molar-refractivity contribution in [3.8, 4) is 0 Å². The van der Waals surface area contributed by atoms with Crippen LogP contribution in [0, 0.1) is 5.92 Å². The Bertz CT molecular complexity index is 252. The Kier molecular flexibility index (Phi) is 5.36. The van der Waals surface area contributed by atoms with Crippen molar-refractivity contribution in [2.24, 2.45) is 11.7 Å². The third-order valence-corrected chi connectivity index (χ3v) is 3.35. The first-order valence-corrected chi connectivity index (χ1v) is 6.24. The molecule has 1 heterocycles. The summed E-state index contributed by atoms with van der Waals surface area (Å²) in [6, 6.07) is 0. The molecule has 1 saturated heterocycles. The van der Waals surface area contributed by atoms with Crippen molar-refractivity contribution in [2.75, 3.05) is 33.4 Å². The van der Waals surface area contributed by atoms with Crippen LogP contribution in [0.4, 0.5) is 0 Å². The molecular formula is C12H24N2O3. The first-order valence-electron chi connectivity index (χ1n) is 6.24. The molecule has 1 aliphatic rings. The third-order valence-electron chi connectivity index (χ3n) is 3.35. The minimum absolute atomic E-state index is 0.0513. The van der Waals surface area contributed by atoms with Crippen LogP contribution in [0.1, 0.15) is 26.2 Å². The van der Waals surface area contributed by atoms with Crippen LogP contribution in [0.15, 0.2) is 0 Å². The van der Waals surface area contributed by atoms with E-state index in [1.54, 1.807) is 11.9 Å². The molecule has 1 amide bonds. The number of aliphatic hydroxyl groups is 1. The number of hydrogen-bond acceptors (Lipinski definition) is 4. The fourth-order valence-electron chi connectivity index (χ4n) is 2.18. The molecule has 5 heteroatoms. The van der Waals surface area contributed by atoms with Crippen molar-refractivity contribution < 1.29 is 14.6 Å². The molecule has 1 fully saturated rings. The van der Waals surface area contributed by atoms with E-state index in [2.05, 4.69) is 0 Å². The minimum Gasteiger partial charge on any atom is -0.388 e. The second kappa shape index (κ2) is 6.33. The summed E-state index contributed by atoms with van der Waals surface area (Å²) in [6.07, 6.45) is 1.87. The van der Waals surface area contributed by atoms with Crippen molar-refractivity contribution >= 4 is 5.91 Å². The molecule has 1 rings (SSSR count). The van der Waals surface area contributed by atoms with Gasteiger partial charge >= 0.3 is 0 Å². The Morgan fingerprint density at radius 3 is 2.65 bits per heavy atom. The summed E-state index contributed by atoms with van der Waals surface area (Å²) in [7, 11) is 1.74. The molecule has 100 valence electrons. The maximum atomic E-state index is 12.0. The number of nitrogens with zero attached hydrogens (tertiary/aromatic N) is 1. The molecular weight excluding hydrogens is 220 g/mol. The largest absolute Gasteiger partial charge is 0.388 e. The van der Waals surface area contributed by atoms with Gasteiger partial charge in [0.15, 0.2) is 0 Å². The van der Waals surface area contributed by atoms with Crippen LogP contribution in [0.25, 0.3) is 0 Å². The number of ether oxygens (including phenoxy) is 1. The van der Waals surface area contributed by atoms with Crippen LogP contribution in [0.2, 0.25) is 0 Å². The Morgan fingerprint density at radius 2 is 2.12 bits per heavy atom. The zero-order valence-electron chi connectivity index (χ0n) is 10.8. The number of nitrogens with two attached hydrogens (primary N) is 1. The average molecular weight is 244 g/mol. The van der Waals surface area contributed by atoms with Gasteiger partial charge in [0, 0.05) is 45.6 Å². The second-order valence-corrected chi connectivity index (χ2v) is 5.01. The van der Waals surface area contributed by atoms with Crippen molar-refractivity contribution in [2.45, 2.75) is 31.8 Å². The lowest BCUT2D eigenvalue weighted by atomic mass is 9.93. The normalized spacial score (nSPS) is 20.9. The van der Waals surface area contributed by atoms with Gasteiger partial charge in [0.05, 0.1) is 5.60 Å². The number of rotatable bonds is 5. The fourth-order valence-corrected chi connectivity index (χ4v) is 2.18. The fraction of sp³-hybridized carbons (Fsp3) is 0.917. The summed E-state index contributed by atoms with van der Waals surface area (Å²) in [6.45, 7) is 3.90. The van der Waals surface area contributed by atoms with Crippen LogP contribution >= 0.6 is 0 Å². The first-order chi connectivity index (χ1) is 7.98. The molecule has 0 radical (unpaired) electrons. The molecule has 0 aromatic rings. The molecule has 0 aliphatic carbocycles. The summed E-state index contributed by atoms with van der Waals surface area (Å²) in [4.78, 5) is 13.6. The number of likely N-dealkylation sites (N-methyl/N-ethyl adjacent to an activating group) is 1. The lowest BCUT2D eigenvalue weighted by Gasteiger charge is -2.36. The summed E-state index contributed by atoms with van der Waals surface area (Å²) in [5.74, 6) is -0.0243. The summed E-state index contributed by atoms with van der Waals surface area (Å²) >= 11 is 0. The molecule has 0 saturated carbocycles. The van der Waals surface area contributed by atoms with E-state index >= 15 is 0 Å². The van der Waals surface area contributed by atoms with Gasteiger partial charge < -0.3 is 20.5 Å². The van der Waals surface area contributed by atoms with E-state index in [0.717, 1.165) is 0 Å². The molecule has 0 bridgehead atoms. The molecule has 0 aromatic carbocycles. The van der Waals surface area contributed by atoms with Gasteiger partial charge in [-0.05, 0) is 13.0 Å². The smallest absolute Gasteiger partial charge is 0.225 e. The summed E-state index contributed by atoms with van der Waals surface area (Å²) in [5.41, 5.74) is 4.65. The molecule has 1 aliphatic heterocycles. The molecule has 0 aromatic heterocycles. The number of carbonyl (C=O) groups excluding carboxylic acids is 1.